The van der Waals surface area contributed by atoms with Gasteiger partial charge in [-0.15, -0.1) is 11.3 Å². The maximum absolute atomic E-state index is 13.2. The van der Waals surface area contributed by atoms with E-state index in [4.69, 9.17) is 0 Å². The Labute approximate surface area is 170 Å². The third-order valence-electron chi connectivity index (χ3n) is 4.62. The summed E-state index contributed by atoms with van der Waals surface area (Å²) < 4.78 is 13.2. The third-order valence-corrected chi connectivity index (χ3v) is 5.48. The lowest BCUT2D eigenvalue weighted by molar-refractivity contribution is -0.133. The van der Waals surface area contributed by atoms with E-state index in [1.165, 1.54) is 17.0 Å². The molecule has 0 fully saturated rings. The van der Waals surface area contributed by atoms with Crippen LogP contribution < -0.4 is 0 Å². The van der Waals surface area contributed by atoms with E-state index in [1.807, 2.05) is 31.4 Å². The molecule has 0 N–H and O–H groups in total. The standard InChI is InChI=1S/C21H28FN3O2S/c1-5-16(2)25(21(27)23(3)4)15-20(26)24(14-19-7-6-12-28-19)13-17-8-10-18(22)11-9-17/h6-12,16H,5,13-15H2,1-4H3. The average molecular weight is 406 g/mol. The molecule has 2 rings (SSSR count). The van der Waals surface area contributed by atoms with Crippen LogP contribution in [0.15, 0.2) is 41.8 Å². The van der Waals surface area contributed by atoms with Gasteiger partial charge in [-0.3, -0.25) is 4.79 Å². The van der Waals surface area contributed by atoms with E-state index in [0.29, 0.717) is 13.1 Å². The summed E-state index contributed by atoms with van der Waals surface area (Å²) in [6.07, 6.45) is 0.760. The Hall–Kier alpha value is -2.41. The molecule has 2 aromatic rings. The predicted molar refractivity (Wildman–Crippen MR) is 111 cm³/mol. The first-order valence-electron chi connectivity index (χ1n) is 9.34. The van der Waals surface area contributed by atoms with Crippen LogP contribution in [0.25, 0.3) is 0 Å². The first-order chi connectivity index (χ1) is 13.3. The Morgan fingerprint density at radius 2 is 1.79 bits per heavy atom. The van der Waals surface area contributed by atoms with Crippen molar-refractivity contribution in [2.24, 2.45) is 0 Å². The first kappa shape index (κ1) is 21.9. The van der Waals surface area contributed by atoms with E-state index in [9.17, 15) is 14.0 Å². The highest BCUT2D eigenvalue weighted by Gasteiger charge is 2.26. The van der Waals surface area contributed by atoms with Crippen molar-refractivity contribution in [2.45, 2.75) is 39.4 Å². The SMILES string of the molecule is CCC(C)N(CC(=O)N(Cc1ccc(F)cc1)Cc1cccs1)C(=O)N(C)C. The molecule has 0 aliphatic rings. The Morgan fingerprint density at radius 1 is 1.11 bits per heavy atom. The summed E-state index contributed by atoms with van der Waals surface area (Å²) in [5, 5.41) is 1.97. The fraction of sp³-hybridized carbons (Fsp3) is 0.429. The van der Waals surface area contributed by atoms with E-state index in [0.717, 1.165) is 16.9 Å². The number of benzene rings is 1. The second-order valence-electron chi connectivity index (χ2n) is 7.02. The van der Waals surface area contributed by atoms with E-state index in [1.54, 1.807) is 47.4 Å². The Balaban J connectivity index is 2.20. The topological polar surface area (TPSA) is 43.9 Å². The smallest absolute Gasteiger partial charge is 0.320 e. The molecule has 0 aliphatic carbocycles. The average Bonchev–Trinajstić information content (AvgIpc) is 3.19. The molecular weight excluding hydrogens is 377 g/mol. The van der Waals surface area contributed by atoms with Crippen molar-refractivity contribution in [3.63, 3.8) is 0 Å². The van der Waals surface area contributed by atoms with Crippen LogP contribution in [0, 0.1) is 5.82 Å². The zero-order valence-electron chi connectivity index (χ0n) is 16.9. The van der Waals surface area contributed by atoms with Crippen LogP contribution in [0.3, 0.4) is 0 Å². The molecule has 1 unspecified atom stereocenters. The fourth-order valence-corrected chi connectivity index (χ4v) is 3.49. The number of hydrogen-bond acceptors (Lipinski definition) is 3. The van der Waals surface area contributed by atoms with Gasteiger partial charge in [0.05, 0.1) is 6.54 Å². The summed E-state index contributed by atoms with van der Waals surface area (Å²) in [7, 11) is 3.37. The molecule has 0 aliphatic heterocycles. The Kier molecular flexibility index (Phi) is 7.99. The Bertz CT molecular complexity index is 762. The van der Waals surface area contributed by atoms with Gasteiger partial charge in [0, 0.05) is 31.6 Å². The van der Waals surface area contributed by atoms with Crippen LogP contribution in [-0.2, 0) is 17.9 Å². The van der Waals surface area contributed by atoms with Crippen molar-refractivity contribution in [3.05, 3.63) is 58.0 Å². The highest BCUT2D eigenvalue weighted by Crippen LogP contribution is 2.16. The number of hydrogen-bond donors (Lipinski definition) is 0. The van der Waals surface area contributed by atoms with Gasteiger partial charge in [-0.05, 0) is 42.5 Å². The van der Waals surface area contributed by atoms with Crippen molar-refractivity contribution in [3.8, 4) is 0 Å². The number of carbonyl (C=O) groups is 2. The lowest BCUT2D eigenvalue weighted by Gasteiger charge is -2.33. The van der Waals surface area contributed by atoms with Gasteiger partial charge in [0.25, 0.3) is 0 Å². The van der Waals surface area contributed by atoms with Crippen LogP contribution in [0.4, 0.5) is 9.18 Å². The zero-order valence-corrected chi connectivity index (χ0v) is 17.7. The molecule has 1 aromatic heterocycles. The van der Waals surface area contributed by atoms with E-state index in [2.05, 4.69) is 0 Å². The van der Waals surface area contributed by atoms with Crippen LogP contribution in [0.2, 0.25) is 0 Å². The summed E-state index contributed by atoms with van der Waals surface area (Å²) in [5.41, 5.74) is 0.848. The second-order valence-corrected chi connectivity index (χ2v) is 8.05. The summed E-state index contributed by atoms with van der Waals surface area (Å²) in [4.78, 5) is 31.6. The van der Waals surface area contributed by atoms with Crippen molar-refractivity contribution in [1.82, 2.24) is 14.7 Å². The number of carbonyl (C=O) groups excluding carboxylic acids is 2. The minimum atomic E-state index is -0.306. The molecule has 1 atom stereocenters. The van der Waals surface area contributed by atoms with Crippen molar-refractivity contribution in [2.75, 3.05) is 20.6 Å². The quantitative estimate of drug-likeness (QED) is 0.661. The predicted octanol–water partition coefficient (Wildman–Crippen LogP) is 4.20. The van der Waals surface area contributed by atoms with Gasteiger partial charge < -0.3 is 14.7 Å². The highest BCUT2D eigenvalue weighted by atomic mass is 32.1. The van der Waals surface area contributed by atoms with Gasteiger partial charge >= 0.3 is 6.03 Å². The molecule has 0 bridgehead atoms. The molecule has 7 heteroatoms. The minimum Gasteiger partial charge on any atom is -0.332 e. The normalized spacial score (nSPS) is 11.8. The van der Waals surface area contributed by atoms with Gasteiger partial charge in [-0.25, -0.2) is 9.18 Å². The fourth-order valence-electron chi connectivity index (χ4n) is 2.77. The summed E-state index contributed by atoms with van der Waals surface area (Å²) in [5.74, 6) is -0.437. The molecule has 152 valence electrons. The van der Waals surface area contributed by atoms with Gasteiger partial charge in [0.2, 0.25) is 5.91 Å². The second kappa shape index (κ2) is 10.2. The largest absolute Gasteiger partial charge is 0.332 e. The summed E-state index contributed by atoms with van der Waals surface area (Å²) >= 11 is 1.58. The maximum Gasteiger partial charge on any atom is 0.320 e. The molecule has 1 heterocycles. The monoisotopic (exact) mass is 405 g/mol. The molecule has 28 heavy (non-hydrogen) atoms. The van der Waals surface area contributed by atoms with Crippen LogP contribution in [0.1, 0.15) is 30.7 Å². The minimum absolute atomic E-state index is 0.0125. The molecule has 1 aromatic carbocycles. The van der Waals surface area contributed by atoms with Gasteiger partial charge in [-0.2, -0.15) is 0 Å². The Morgan fingerprint density at radius 3 is 2.32 bits per heavy atom. The van der Waals surface area contributed by atoms with E-state index < -0.39 is 0 Å². The summed E-state index contributed by atoms with van der Waals surface area (Å²) in [6, 6.07) is 9.85. The lowest BCUT2D eigenvalue weighted by Crippen LogP contribution is -2.49. The highest BCUT2D eigenvalue weighted by molar-refractivity contribution is 7.09. The van der Waals surface area contributed by atoms with E-state index in [-0.39, 0.29) is 30.3 Å². The van der Waals surface area contributed by atoms with Crippen molar-refractivity contribution >= 4 is 23.3 Å². The number of halogens is 1. The zero-order chi connectivity index (χ0) is 20.7. The number of amides is 3. The molecular formula is C21H28FN3O2S. The number of thiophene rings is 1. The number of urea groups is 1. The van der Waals surface area contributed by atoms with Gasteiger partial charge in [0.15, 0.2) is 0 Å². The van der Waals surface area contributed by atoms with Crippen LogP contribution in [-0.4, -0.2) is 53.3 Å². The van der Waals surface area contributed by atoms with Crippen LogP contribution >= 0.6 is 11.3 Å². The first-order valence-corrected chi connectivity index (χ1v) is 10.2. The van der Waals surface area contributed by atoms with Gasteiger partial charge in [-0.1, -0.05) is 25.1 Å². The van der Waals surface area contributed by atoms with E-state index >= 15 is 0 Å². The van der Waals surface area contributed by atoms with Crippen LogP contribution in [0.5, 0.6) is 0 Å². The number of nitrogens with zero attached hydrogens (tertiary/aromatic N) is 3. The third kappa shape index (κ3) is 6.05. The number of rotatable bonds is 8. The lowest BCUT2D eigenvalue weighted by atomic mass is 10.2. The molecule has 0 radical (unpaired) electrons. The molecule has 3 amide bonds. The molecule has 0 spiro atoms. The van der Waals surface area contributed by atoms with Crippen molar-refractivity contribution < 1.29 is 14.0 Å². The van der Waals surface area contributed by atoms with Gasteiger partial charge in [0.1, 0.15) is 12.4 Å². The maximum atomic E-state index is 13.2. The molecule has 0 saturated heterocycles. The van der Waals surface area contributed by atoms with Crippen molar-refractivity contribution in [1.29, 1.82) is 0 Å². The molecule has 0 saturated carbocycles. The summed E-state index contributed by atoms with van der Waals surface area (Å²) in [6.45, 7) is 4.77. The molecule has 5 nitrogen and oxygen atoms in total.